The molecule has 0 aliphatic rings. The molecule has 0 spiro atoms. The summed E-state index contributed by atoms with van der Waals surface area (Å²) in [6, 6.07) is -0.218. The van der Waals surface area contributed by atoms with E-state index >= 15 is 0 Å². The first-order valence-electron chi connectivity index (χ1n) is 3.53. The van der Waals surface area contributed by atoms with Crippen LogP contribution in [0.1, 0.15) is 25.7 Å². The number of nitrogens with zero attached hydrogens (tertiary/aromatic N) is 2. The third kappa shape index (κ3) is 1.60. The highest BCUT2D eigenvalue weighted by molar-refractivity contribution is 4.98. The first-order chi connectivity index (χ1) is 5.43. The van der Waals surface area contributed by atoms with E-state index in [0.29, 0.717) is 0 Å². The molecule has 5 heteroatoms. The van der Waals surface area contributed by atoms with Gasteiger partial charge in [0.25, 0.3) is 0 Å². The van der Waals surface area contributed by atoms with E-state index in [2.05, 4.69) is 4.98 Å². The Hall–Kier alpha value is -1.00. The van der Waals surface area contributed by atoms with Gasteiger partial charge in [0, 0.05) is 18.4 Å². The van der Waals surface area contributed by atoms with Crippen LogP contribution in [0.5, 0.6) is 0 Å². The van der Waals surface area contributed by atoms with E-state index in [9.17, 15) is 13.2 Å². The maximum absolute atomic E-state index is 12.2. The van der Waals surface area contributed by atoms with Crippen LogP contribution in [-0.4, -0.2) is 9.55 Å². The first-order valence-corrected chi connectivity index (χ1v) is 3.53. The minimum atomic E-state index is -4.35. The van der Waals surface area contributed by atoms with Crippen molar-refractivity contribution in [3.8, 4) is 0 Å². The molecule has 0 atom stereocenters. The largest absolute Gasteiger partial charge is 0.449 e. The van der Waals surface area contributed by atoms with E-state index in [-0.39, 0.29) is 6.04 Å². The fourth-order valence-electron chi connectivity index (χ4n) is 0.949. The molecule has 0 amide bonds. The van der Waals surface area contributed by atoms with Crippen LogP contribution in [0.4, 0.5) is 13.2 Å². The monoisotopic (exact) mass is 178 g/mol. The predicted octanol–water partition coefficient (Wildman–Crippen LogP) is 2.48. The fourth-order valence-corrected chi connectivity index (χ4v) is 0.949. The Balaban J connectivity index is 3.08. The molecule has 0 saturated carbocycles. The predicted molar refractivity (Wildman–Crippen MR) is 37.6 cm³/mol. The molecule has 68 valence electrons. The summed E-state index contributed by atoms with van der Waals surface area (Å²) in [6.45, 7) is 3.36. The number of halogens is 3. The number of alkyl halides is 3. The summed E-state index contributed by atoms with van der Waals surface area (Å²) in [4.78, 5) is 3.25. The van der Waals surface area contributed by atoms with Gasteiger partial charge in [-0.3, -0.25) is 0 Å². The number of aromatic nitrogens is 2. The van der Waals surface area contributed by atoms with Gasteiger partial charge in [-0.2, -0.15) is 13.2 Å². The highest BCUT2D eigenvalue weighted by Crippen LogP contribution is 2.29. The first kappa shape index (κ1) is 9.09. The van der Waals surface area contributed by atoms with Gasteiger partial charge < -0.3 is 4.57 Å². The van der Waals surface area contributed by atoms with E-state index in [1.54, 1.807) is 13.8 Å². The van der Waals surface area contributed by atoms with E-state index < -0.39 is 12.0 Å². The highest BCUT2D eigenvalue weighted by atomic mass is 19.4. The smallest absolute Gasteiger partial charge is 0.325 e. The van der Waals surface area contributed by atoms with Crippen LogP contribution in [0.3, 0.4) is 0 Å². The van der Waals surface area contributed by atoms with Gasteiger partial charge >= 0.3 is 6.18 Å². The van der Waals surface area contributed by atoms with Crippen LogP contribution in [0.15, 0.2) is 12.4 Å². The standard InChI is InChI=1S/C7H9F3N2/c1-5(2)12-4-3-11-6(12)7(8,9)10/h3-5H,1-2H3. The molecule has 1 aromatic heterocycles. The van der Waals surface area contributed by atoms with Crippen LogP contribution in [-0.2, 0) is 6.18 Å². The normalized spacial score (nSPS) is 12.5. The van der Waals surface area contributed by atoms with Crippen molar-refractivity contribution in [2.24, 2.45) is 0 Å². The van der Waals surface area contributed by atoms with Gasteiger partial charge in [-0.25, -0.2) is 4.98 Å². The second-order valence-electron chi connectivity index (χ2n) is 2.75. The van der Waals surface area contributed by atoms with E-state index in [1.807, 2.05) is 0 Å². The van der Waals surface area contributed by atoms with E-state index in [1.165, 1.54) is 6.20 Å². The van der Waals surface area contributed by atoms with Crippen molar-refractivity contribution < 1.29 is 13.2 Å². The molecule has 0 aliphatic carbocycles. The van der Waals surface area contributed by atoms with Crippen LogP contribution in [0, 0.1) is 0 Å². The lowest BCUT2D eigenvalue weighted by atomic mass is 10.4. The lowest BCUT2D eigenvalue weighted by Gasteiger charge is -2.12. The molecule has 0 aromatic carbocycles. The molecular formula is C7H9F3N2. The maximum atomic E-state index is 12.2. The summed E-state index contributed by atoms with van der Waals surface area (Å²) >= 11 is 0. The zero-order valence-corrected chi connectivity index (χ0v) is 6.76. The molecule has 0 radical (unpaired) electrons. The van der Waals surface area contributed by atoms with Gasteiger partial charge in [0.2, 0.25) is 5.82 Å². The number of hydrogen-bond acceptors (Lipinski definition) is 1. The van der Waals surface area contributed by atoms with Crippen LogP contribution in [0.2, 0.25) is 0 Å². The van der Waals surface area contributed by atoms with Gasteiger partial charge in [0.15, 0.2) is 0 Å². The topological polar surface area (TPSA) is 17.8 Å². The fraction of sp³-hybridized carbons (Fsp3) is 0.571. The molecule has 1 heterocycles. The molecular weight excluding hydrogens is 169 g/mol. The van der Waals surface area contributed by atoms with Crippen LogP contribution in [0.25, 0.3) is 0 Å². The maximum Gasteiger partial charge on any atom is 0.449 e. The summed E-state index contributed by atoms with van der Waals surface area (Å²) in [7, 11) is 0. The minimum Gasteiger partial charge on any atom is -0.325 e. The summed E-state index contributed by atoms with van der Waals surface area (Å²) in [5, 5.41) is 0. The van der Waals surface area contributed by atoms with Crippen molar-refractivity contribution in [3.63, 3.8) is 0 Å². The van der Waals surface area contributed by atoms with Gasteiger partial charge in [0.05, 0.1) is 0 Å². The molecule has 0 N–H and O–H groups in total. The quantitative estimate of drug-likeness (QED) is 0.646. The molecule has 1 rings (SSSR count). The number of hydrogen-bond donors (Lipinski definition) is 0. The zero-order valence-electron chi connectivity index (χ0n) is 6.76. The van der Waals surface area contributed by atoms with Gasteiger partial charge in [-0.05, 0) is 13.8 Å². The highest BCUT2D eigenvalue weighted by Gasteiger charge is 2.36. The summed E-state index contributed by atoms with van der Waals surface area (Å²) in [5.41, 5.74) is 0. The molecule has 0 bridgehead atoms. The number of rotatable bonds is 1. The van der Waals surface area contributed by atoms with E-state index in [0.717, 1.165) is 10.8 Å². The van der Waals surface area contributed by atoms with E-state index in [4.69, 9.17) is 0 Å². The summed E-state index contributed by atoms with van der Waals surface area (Å²) < 4.78 is 37.6. The molecule has 0 saturated heterocycles. The van der Waals surface area contributed by atoms with Crippen LogP contribution < -0.4 is 0 Å². The lowest BCUT2D eigenvalue weighted by Crippen LogP contribution is -2.15. The lowest BCUT2D eigenvalue weighted by molar-refractivity contribution is -0.147. The second kappa shape index (κ2) is 2.80. The zero-order chi connectivity index (χ0) is 9.35. The number of imidazole rings is 1. The third-order valence-electron chi connectivity index (χ3n) is 1.48. The van der Waals surface area contributed by atoms with Gasteiger partial charge in [-0.1, -0.05) is 0 Å². The van der Waals surface area contributed by atoms with Crippen molar-refractivity contribution in [1.29, 1.82) is 0 Å². The summed E-state index contributed by atoms with van der Waals surface area (Å²) in [5.74, 6) is -0.836. The third-order valence-corrected chi connectivity index (χ3v) is 1.48. The molecule has 2 nitrogen and oxygen atoms in total. The average Bonchev–Trinajstić information content (AvgIpc) is 2.30. The second-order valence-corrected chi connectivity index (χ2v) is 2.75. The molecule has 1 aromatic rings. The Kier molecular flexibility index (Phi) is 2.12. The Bertz CT molecular complexity index is 262. The SMILES string of the molecule is CC(C)n1ccnc1C(F)(F)F. The Morgan fingerprint density at radius 1 is 1.42 bits per heavy atom. The van der Waals surface area contributed by atoms with Gasteiger partial charge in [0.1, 0.15) is 0 Å². The summed E-state index contributed by atoms with van der Waals surface area (Å²) in [6.07, 6.45) is -1.87. The Morgan fingerprint density at radius 3 is 2.33 bits per heavy atom. The van der Waals surface area contributed by atoms with Crippen molar-refractivity contribution >= 4 is 0 Å². The van der Waals surface area contributed by atoms with Crippen molar-refractivity contribution in [1.82, 2.24) is 9.55 Å². The molecule has 0 fully saturated rings. The Morgan fingerprint density at radius 2 is 2.00 bits per heavy atom. The van der Waals surface area contributed by atoms with Crippen molar-refractivity contribution in [2.75, 3.05) is 0 Å². The average molecular weight is 178 g/mol. The van der Waals surface area contributed by atoms with Crippen LogP contribution >= 0.6 is 0 Å². The van der Waals surface area contributed by atoms with Crippen molar-refractivity contribution in [2.45, 2.75) is 26.1 Å². The molecule has 12 heavy (non-hydrogen) atoms. The molecule has 0 aliphatic heterocycles. The van der Waals surface area contributed by atoms with Crippen molar-refractivity contribution in [3.05, 3.63) is 18.2 Å². The Labute approximate surface area is 68.0 Å². The van der Waals surface area contributed by atoms with Gasteiger partial charge in [-0.15, -0.1) is 0 Å². The molecule has 0 unspecified atom stereocenters. The minimum absolute atomic E-state index is 0.218.